The van der Waals surface area contributed by atoms with Gasteiger partial charge in [-0.15, -0.1) is 0 Å². The summed E-state index contributed by atoms with van der Waals surface area (Å²) < 4.78 is 6.12. The van der Waals surface area contributed by atoms with E-state index in [-0.39, 0.29) is 38.5 Å². The first-order valence-corrected chi connectivity index (χ1v) is 10.3. The molecule has 3 rings (SSSR count). The summed E-state index contributed by atoms with van der Waals surface area (Å²) in [5, 5.41) is 0. The quantitative estimate of drug-likeness (QED) is 0.439. The van der Waals surface area contributed by atoms with Crippen molar-refractivity contribution in [3.05, 3.63) is 111 Å². The summed E-state index contributed by atoms with van der Waals surface area (Å²) in [5.74, 6) is 1.36. The van der Waals surface area contributed by atoms with Crippen molar-refractivity contribution in [1.82, 2.24) is 4.90 Å². The van der Waals surface area contributed by atoms with Crippen LogP contribution in [0.5, 0.6) is 0 Å². The van der Waals surface area contributed by atoms with Crippen LogP contribution in [0.4, 0.5) is 0 Å². The Kier molecular flexibility index (Phi) is 12.9. The van der Waals surface area contributed by atoms with Gasteiger partial charge in [0.1, 0.15) is 0 Å². The molecule has 2 nitrogen and oxygen atoms in total. The van der Waals surface area contributed by atoms with Gasteiger partial charge in [0.15, 0.2) is 0 Å². The molecule has 10 radical (unpaired) electrons. The molecule has 0 unspecified atom stereocenters. The van der Waals surface area contributed by atoms with Gasteiger partial charge in [0, 0.05) is 0 Å². The van der Waals surface area contributed by atoms with E-state index in [9.17, 15) is 0 Å². The van der Waals surface area contributed by atoms with Gasteiger partial charge in [-0.05, 0) is 32.1 Å². The van der Waals surface area contributed by atoms with Crippen LogP contribution in [0, 0.1) is 62.1 Å². The van der Waals surface area contributed by atoms with Gasteiger partial charge in [0.05, 0.1) is 0 Å². The maximum Gasteiger partial charge on any atom is 2.00 e. The Morgan fingerprint density at radius 2 is 1.56 bits per heavy atom. The SMILES string of the molecule is C=C[C@H](O[Se][C]1[CH][CH][CH][C]1[C@@H](C)N(C)C)c1ccccc1.[CH]1[CH][CH][CH][CH]1.[Fe+2]. The number of hydrogen-bond donors (Lipinski definition) is 0. The molecule has 0 amide bonds. The van der Waals surface area contributed by atoms with Crippen LogP contribution < -0.4 is 0 Å². The van der Waals surface area contributed by atoms with Crippen molar-refractivity contribution >= 4 is 15.3 Å². The van der Waals surface area contributed by atoms with Crippen LogP contribution in [-0.4, -0.2) is 40.3 Å². The average molecular weight is 468 g/mol. The Labute approximate surface area is 184 Å². The van der Waals surface area contributed by atoms with Gasteiger partial charge in [0.2, 0.25) is 0 Å². The van der Waals surface area contributed by atoms with Crippen LogP contribution in [0.3, 0.4) is 0 Å². The van der Waals surface area contributed by atoms with E-state index in [0.29, 0.717) is 6.04 Å². The standard InChI is InChI=1S/C18H22NOSe.C5H5.Fe/c1-5-17(15-10-7-6-8-11-15)20-21-18-13-9-12-16(18)14(2)19(3)4;1-2-4-5-3-1;/h5-14,17H,1H2,2-4H3;1-5H;/q;;+2/t14-,17+;;/m1../s1. The zero-order valence-corrected chi connectivity index (χ0v) is 18.9. The summed E-state index contributed by atoms with van der Waals surface area (Å²) >= 11 is -0.0161. The van der Waals surface area contributed by atoms with E-state index in [1.165, 1.54) is 10.7 Å². The number of rotatable bonds is 7. The van der Waals surface area contributed by atoms with Gasteiger partial charge in [-0.25, -0.2) is 0 Å². The van der Waals surface area contributed by atoms with E-state index < -0.39 is 0 Å². The molecule has 0 saturated heterocycles. The molecule has 2 aliphatic rings. The zero-order valence-electron chi connectivity index (χ0n) is 16.1. The van der Waals surface area contributed by atoms with Crippen molar-refractivity contribution in [3.8, 4) is 0 Å². The van der Waals surface area contributed by atoms with Gasteiger partial charge in [-0.2, -0.15) is 0 Å². The molecule has 142 valence electrons. The molecule has 0 bridgehead atoms. The molecule has 2 saturated carbocycles. The molecular weight excluding hydrogens is 441 g/mol. The summed E-state index contributed by atoms with van der Waals surface area (Å²) in [6, 6.07) is 10.6. The maximum atomic E-state index is 6.12. The Morgan fingerprint density at radius 3 is 2.07 bits per heavy atom. The third kappa shape index (κ3) is 8.44. The third-order valence-corrected chi connectivity index (χ3v) is 5.97. The summed E-state index contributed by atoms with van der Waals surface area (Å²) in [4.78, 5) is 3.53. The van der Waals surface area contributed by atoms with Crippen molar-refractivity contribution in [2.45, 2.75) is 19.1 Å². The van der Waals surface area contributed by atoms with Crippen molar-refractivity contribution in [2.75, 3.05) is 14.1 Å². The van der Waals surface area contributed by atoms with Crippen molar-refractivity contribution in [2.24, 2.45) is 0 Å². The summed E-state index contributed by atoms with van der Waals surface area (Å²) in [5.41, 5.74) is 1.16. The maximum absolute atomic E-state index is 6.12. The summed E-state index contributed by atoms with van der Waals surface area (Å²) in [6.07, 6.45) is 18.3. The largest absolute Gasteiger partial charge is 2.00 e. The molecule has 1 aromatic carbocycles. The number of nitrogens with zero attached hydrogens (tertiary/aromatic N) is 1. The van der Waals surface area contributed by atoms with Crippen LogP contribution in [-0.2, 0) is 20.9 Å². The molecule has 2 fully saturated rings. The summed E-state index contributed by atoms with van der Waals surface area (Å²) in [6.45, 7) is 6.12. The van der Waals surface area contributed by atoms with Crippen molar-refractivity contribution in [1.29, 1.82) is 0 Å². The number of benzene rings is 1. The van der Waals surface area contributed by atoms with Gasteiger partial charge in [-0.3, -0.25) is 0 Å². The first-order chi connectivity index (χ1) is 12.6. The average Bonchev–Trinajstić information content (AvgIpc) is 3.37. The van der Waals surface area contributed by atoms with E-state index in [1.807, 2.05) is 56.4 Å². The molecule has 2 aliphatic carbocycles. The Bertz CT molecular complexity index is 499. The van der Waals surface area contributed by atoms with Gasteiger partial charge >= 0.3 is 153 Å². The van der Waals surface area contributed by atoms with Gasteiger partial charge < -0.3 is 0 Å². The van der Waals surface area contributed by atoms with Crippen LogP contribution in [0.15, 0.2) is 43.0 Å². The van der Waals surface area contributed by atoms with E-state index in [4.69, 9.17) is 3.82 Å². The fraction of sp³-hybridized carbons (Fsp3) is 0.217. The minimum absolute atomic E-state index is 0. The monoisotopic (exact) mass is 469 g/mol. The molecule has 0 N–H and O–H groups in total. The molecule has 0 spiro atoms. The first kappa shape index (κ1) is 25.0. The van der Waals surface area contributed by atoms with E-state index in [2.05, 4.69) is 63.9 Å². The van der Waals surface area contributed by atoms with E-state index >= 15 is 0 Å². The van der Waals surface area contributed by atoms with Crippen LogP contribution in [0.1, 0.15) is 18.6 Å². The van der Waals surface area contributed by atoms with Crippen LogP contribution >= 0.6 is 0 Å². The smallest absolute Gasteiger partial charge is 0.0312 e. The van der Waals surface area contributed by atoms with E-state index in [0.717, 1.165) is 5.56 Å². The predicted molar refractivity (Wildman–Crippen MR) is 110 cm³/mol. The van der Waals surface area contributed by atoms with Crippen LogP contribution in [0.2, 0.25) is 0 Å². The van der Waals surface area contributed by atoms with Crippen LogP contribution in [0.25, 0.3) is 0 Å². The molecule has 4 heteroatoms. The topological polar surface area (TPSA) is 12.5 Å². The molecule has 0 aromatic heterocycles. The van der Waals surface area contributed by atoms with Crippen molar-refractivity contribution in [3.63, 3.8) is 0 Å². The second-order valence-corrected chi connectivity index (χ2v) is 7.87. The number of hydrogen-bond acceptors (Lipinski definition) is 2. The van der Waals surface area contributed by atoms with E-state index in [1.54, 1.807) is 0 Å². The predicted octanol–water partition coefficient (Wildman–Crippen LogP) is 4.25. The fourth-order valence-corrected chi connectivity index (χ4v) is 4.23. The Morgan fingerprint density at radius 1 is 0.963 bits per heavy atom. The molecule has 2 atom stereocenters. The second-order valence-electron chi connectivity index (χ2n) is 6.19. The normalized spacial score (nSPS) is 19.9. The molecule has 0 heterocycles. The van der Waals surface area contributed by atoms with Gasteiger partial charge in [-0.1, -0.05) is 0 Å². The van der Waals surface area contributed by atoms with Crippen molar-refractivity contribution < 1.29 is 20.9 Å². The minimum atomic E-state index is -0.0383. The molecule has 0 aliphatic heterocycles. The Hall–Kier alpha value is -0.0810. The fourth-order valence-electron chi connectivity index (χ4n) is 2.41. The molecule has 27 heavy (non-hydrogen) atoms. The third-order valence-electron chi connectivity index (χ3n) is 4.17. The molecule has 1 aromatic rings. The summed E-state index contributed by atoms with van der Waals surface area (Å²) in [7, 11) is 4.21. The zero-order chi connectivity index (χ0) is 18.8. The minimum Gasteiger partial charge on any atom is -0.0312 e. The van der Waals surface area contributed by atoms with Gasteiger partial charge in [0.25, 0.3) is 0 Å². The second kappa shape index (κ2) is 14.0. The molecular formula is C23H27FeNOSe+2. The first-order valence-electron chi connectivity index (χ1n) is 8.73. The Balaban J connectivity index is 0.000000526.